The third kappa shape index (κ3) is 3.02. The SMILES string of the molecule is Clc1ccc(OCC2CCc3ccccc3N2)cc1. The molecule has 1 unspecified atom stereocenters. The first-order chi connectivity index (χ1) is 9.31. The largest absolute Gasteiger partial charge is 0.491 e. The lowest BCUT2D eigenvalue weighted by Gasteiger charge is -2.27. The first kappa shape index (κ1) is 12.4. The van der Waals surface area contributed by atoms with Crippen LogP contribution < -0.4 is 10.1 Å². The average Bonchev–Trinajstić information content (AvgIpc) is 2.46. The molecule has 19 heavy (non-hydrogen) atoms. The Kier molecular flexibility index (Phi) is 3.60. The van der Waals surface area contributed by atoms with Gasteiger partial charge in [0.25, 0.3) is 0 Å². The van der Waals surface area contributed by atoms with Gasteiger partial charge in [0.05, 0.1) is 6.04 Å². The van der Waals surface area contributed by atoms with E-state index in [-0.39, 0.29) is 0 Å². The van der Waals surface area contributed by atoms with Crippen molar-refractivity contribution in [2.24, 2.45) is 0 Å². The van der Waals surface area contributed by atoms with Crippen molar-refractivity contribution in [2.45, 2.75) is 18.9 Å². The maximum Gasteiger partial charge on any atom is 0.119 e. The van der Waals surface area contributed by atoms with E-state index in [2.05, 4.69) is 29.6 Å². The van der Waals surface area contributed by atoms with E-state index < -0.39 is 0 Å². The molecule has 2 nitrogen and oxygen atoms in total. The van der Waals surface area contributed by atoms with Crippen LogP contribution in [0, 0.1) is 0 Å². The van der Waals surface area contributed by atoms with E-state index in [0.717, 1.165) is 23.6 Å². The Morgan fingerprint density at radius 3 is 2.74 bits per heavy atom. The first-order valence-electron chi connectivity index (χ1n) is 6.54. The Morgan fingerprint density at radius 1 is 1.11 bits per heavy atom. The van der Waals surface area contributed by atoms with Crippen LogP contribution in [-0.2, 0) is 6.42 Å². The third-order valence-corrected chi connectivity index (χ3v) is 3.66. The lowest BCUT2D eigenvalue weighted by atomic mass is 9.99. The zero-order valence-corrected chi connectivity index (χ0v) is 11.4. The van der Waals surface area contributed by atoms with Gasteiger partial charge >= 0.3 is 0 Å². The highest BCUT2D eigenvalue weighted by atomic mass is 35.5. The maximum atomic E-state index is 5.85. The maximum absolute atomic E-state index is 5.85. The summed E-state index contributed by atoms with van der Waals surface area (Å²) in [7, 11) is 0. The van der Waals surface area contributed by atoms with Crippen molar-refractivity contribution >= 4 is 17.3 Å². The Bertz CT molecular complexity index is 553. The van der Waals surface area contributed by atoms with Crippen molar-refractivity contribution in [3.8, 4) is 5.75 Å². The fourth-order valence-corrected chi connectivity index (χ4v) is 2.48. The van der Waals surface area contributed by atoms with E-state index in [1.807, 2.05) is 24.3 Å². The second kappa shape index (κ2) is 5.54. The molecular weight excluding hydrogens is 258 g/mol. The van der Waals surface area contributed by atoms with Gasteiger partial charge in [0.2, 0.25) is 0 Å². The molecule has 1 N–H and O–H groups in total. The van der Waals surface area contributed by atoms with Crippen molar-refractivity contribution in [1.82, 2.24) is 0 Å². The molecule has 0 aliphatic carbocycles. The van der Waals surface area contributed by atoms with Gasteiger partial charge in [0.1, 0.15) is 12.4 Å². The highest BCUT2D eigenvalue weighted by molar-refractivity contribution is 6.30. The number of para-hydroxylation sites is 1. The molecule has 0 spiro atoms. The predicted molar refractivity (Wildman–Crippen MR) is 79.1 cm³/mol. The molecule has 0 saturated carbocycles. The molecule has 1 aliphatic heterocycles. The summed E-state index contributed by atoms with van der Waals surface area (Å²) in [5.74, 6) is 0.866. The van der Waals surface area contributed by atoms with Crippen LogP contribution >= 0.6 is 11.6 Å². The number of hydrogen-bond donors (Lipinski definition) is 1. The van der Waals surface area contributed by atoms with Crippen LogP contribution in [0.25, 0.3) is 0 Å². The minimum atomic E-state index is 0.366. The highest BCUT2D eigenvalue weighted by Gasteiger charge is 2.17. The summed E-state index contributed by atoms with van der Waals surface area (Å²) in [5, 5.41) is 4.26. The summed E-state index contributed by atoms with van der Waals surface area (Å²) >= 11 is 5.85. The number of hydrogen-bond acceptors (Lipinski definition) is 2. The van der Waals surface area contributed by atoms with Crippen LogP contribution in [0.15, 0.2) is 48.5 Å². The summed E-state index contributed by atoms with van der Waals surface area (Å²) in [4.78, 5) is 0. The first-order valence-corrected chi connectivity index (χ1v) is 6.92. The summed E-state index contributed by atoms with van der Waals surface area (Å²) < 4.78 is 5.79. The van der Waals surface area contributed by atoms with E-state index in [1.165, 1.54) is 11.3 Å². The zero-order chi connectivity index (χ0) is 13.1. The predicted octanol–water partition coefficient (Wildman–Crippen LogP) is 4.15. The van der Waals surface area contributed by atoms with Crippen molar-refractivity contribution in [2.75, 3.05) is 11.9 Å². The van der Waals surface area contributed by atoms with Gasteiger partial charge in [-0.05, 0) is 48.7 Å². The molecule has 0 fully saturated rings. The Labute approximate surface area is 118 Å². The number of fused-ring (bicyclic) bond motifs is 1. The minimum Gasteiger partial charge on any atom is -0.491 e. The van der Waals surface area contributed by atoms with Crippen LogP contribution in [-0.4, -0.2) is 12.6 Å². The summed E-state index contributed by atoms with van der Waals surface area (Å²) in [6.07, 6.45) is 2.21. The fraction of sp³-hybridized carbons (Fsp3) is 0.250. The van der Waals surface area contributed by atoms with Gasteiger partial charge in [-0.3, -0.25) is 0 Å². The zero-order valence-electron chi connectivity index (χ0n) is 10.6. The van der Waals surface area contributed by atoms with Crippen molar-refractivity contribution in [3.63, 3.8) is 0 Å². The van der Waals surface area contributed by atoms with Gasteiger partial charge in [0, 0.05) is 10.7 Å². The number of anilines is 1. The van der Waals surface area contributed by atoms with E-state index in [1.54, 1.807) is 0 Å². The van der Waals surface area contributed by atoms with E-state index in [0.29, 0.717) is 12.6 Å². The molecular formula is C16H16ClNO. The van der Waals surface area contributed by atoms with Gasteiger partial charge in [-0.25, -0.2) is 0 Å². The van der Waals surface area contributed by atoms with Gasteiger partial charge in [0.15, 0.2) is 0 Å². The molecule has 3 heteroatoms. The molecule has 0 aromatic heterocycles. The second-order valence-electron chi connectivity index (χ2n) is 4.80. The highest BCUT2D eigenvalue weighted by Crippen LogP contribution is 2.25. The van der Waals surface area contributed by atoms with Gasteiger partial charge in [-0.1, -0.05) is 29.8 Å². The summed E-state index contributed by atoms with van der Waals surface area (Å²) in [6, 6.07) is 16.3. The van der Waals surface area contributed by atoms with Crippen LogP contribution in [0.3, 0.4) is 0 Å². The van der Waals surface area contributed by atoms with E-state index in [4.69, 9.17) is 16.3 Å². The average molecular weight is 274 g/mol. The lowest BCUT2D eigenvalue weighted by Crippen LogP contribution is -2.31. The Balaban J connectivity index is 1.59. The smallest absolute Gasteiger partial charge is 0.119 e. The van der Waals surface area contributed by atoms with Gasteiger partial charge in [-0.2, -0.15) is 0 Å². The molecule has 0 saturated heterocycles. The topological polar surface area (TPSA) is 21.3 Å². The van der Waals surface area contributed by atoms with Crippen molar-refractivity contribution in [1.29, 1.82) is 0 Å². The molecule has 2 aromatic carbocycles. The van der Waals surface area contributed by atoms with Gasteiger partial charge in [-0.15, -0.1) is 0 Å². The fourth-order valence-electron chi connectivity index (χ4n) is 2.35. The molecule has 1 atom stereocenters. The number of ether oxygens (including phenoxy) is 1. The van der Waals surface area contributed by atoms with E-state index in [9.17, 15) is 0 Å². The quantitative estimate of drug-likeness (QED) is 0.907. The van der Waals surface area contributed by atoms with Crippen LogP contribution in [0.1, 0.15) is 12.0 Å². The third-order valence-electron chi connectivity index (χ3n) is 3.40. The second-order valence-corrected chi connectivity index (χ2v) is 5.24. The molecule has 1 heterocycles. The Morgan fingerprint density at radius 2 is 1.89 bits per heavy atom. The van der Waals surface area contributed by atoms with E-state index >= 15 is 0 Å². The minimum absolute atomic E-state index is 0.366. The molecule has 0 radical (unpaired) electrons. The van der Waals surface area contributed by atoms with Crippen molar-refractivity contribution < 1.29 is 4.74 Å². The summed E-state index contributed by atoms with van der Waals surface area (Å²) in [6.45, 7) is 0.677. The van der Waals surface area contributed by atoms with Crippen LogP contribution in [0.2, 0.25) is 5.02 Å². The molecule has 1 aliphatic rings. The molecule has 2 aromatic rings. The number of halogens is 1. The normalized spacial score (nSPS) is 17.4. The summed E-state index contributed by atoms with van der Waals surface area (Å²) in [5.41, 5.74) is 2.63. The standard InChI is InChI=1S/C16H16ClNO/c17-13-6-9-15(10-7-13)19-11-14-8-5-12-3-1-2-4-16(12)18-14/h1-4,6-7,9-10,14,18H,5,8,11H2. The monoisotopic (exact) mass is 273 g/mol. The molecule has 3 rings (SSSR count). The van der Waals surface area contributed by atoms with Crippen LogP contribution in [0.4, 0.5) is 5.69 Å². The molecule has 0 amide bonds. The lowest BCUT2D eigenvalue weighted by molar-refractivity contribution is 0.289. The molecule has 98 valence electrons. The number of benzene rings is 2. The van der Waals surface area contributed by atoms with Gasteiger partial charge < -0.3 is 10.1 Å². The number of rotatable bonds is 3. The Hall–Kier alpha value is -1.67. The number of aryl methyl sites for hydroxylation is 1. The molecule has 0 bridgehead atoms. The number of nitrogens with one attached hydrogen (secondary N) is 1. The van der Waals surface area contributed by atoms with Crippen LogP contribution in [0.5, 0.6) is 5.75 Å². The van der Waals surface area contributed by atoms with Crippen molar-refractivity contribution in [3.05, 3.63) is 59.1 Å².